The number of carbonyl (C=O) groups is 1. The molecule has 1 heterocycles. The van der Waals surface area contributed by atoms with Gasteiger partial charge in [-0.2, -0.15) is 0 Å². The molecule has 20 heavy (non-hydrogen) atoms. The zero-order valence-corrected chi connectivity index (χ0v) is 12.5. The maximum absolute atomic E-state index is 11.5. The zero-order chi connectivity index (χ0) is 13.9. The van der Waals surface area contributed by atoms with Gasteiger partial charge in [-0.25, -0.2) is 4.98 Å². The lowest BCUT2D eigenvalue weighted by molar-refractivity contribution is -0.122. The third-order valence-corrected chi connectivity index (χ3v) is 4.46. The maximum Gasteiger partial charge on any atom is 0.223 e. The summed E-state index contributed by atoms with van der Waals surface area (Å²) in [4.78, 5) is 16.1. The second-order valence-corrected chi connectivity index (χ2v) is 6.26. The van der Waals surface area contributed by atoms with Crippen molar-refractivity contribution in [3.63, 3.8) is 0 Å². The van der Waals surface area contributed by atoms with Gasteiger partial charge in [0.1, 0.15) is 5.01 Å². The van der Waals surface area contributed by atoms with E-state index in [0.29, 0.717) is 6.54 Å². The first-order valence-electron chi connectivity index (χ1n) is 6.70. The van der Waals surface area contributed by atoms with Crippen molar-refractivity contribution in [1.29, 1.82) is 0 Å². The predicted molar refractivity (Wildman–Crippen MR) is 82.0 cm³/mol. The predicted octanol–water partition coefficient (Wildman–Crippen LogP) is 3.53. The van der Waals surface area contributed by atoms with E-state index < -0.39 is 0 Å². The molecule has 104 valence electrons. The highest BCUT2D eigenvalue weighted by molar-refractivity contribution is 7.13. The Kier molecular flexibility index (Phi) is 4.03. The van der Waals surface area contributed by atoms with Gasteiger partial charge in [0, 0.05) is 34.8 Å². The van der Waals surface area contributed by atoms with Gasteiger partial charge < -0.3 is 5.32 Å². The van der Waals surface area contributed by atoms with Gasteiger partial charge in [0.05, 0.1) is 5.69 Å². The molecule has 1 aliphatic carbocycles. The highest BCUT2D eigenvalue weighted by Crippen LogP contribution is 2.28. The minimum absolute atomic E-state index is 0.193. The molecule has 1 aliphatic rings. The van der Waals surface area contributed by atoms with Crippen molar-refractivity contribution in [2.45, 2.75) is 19.3 Å². The fourth-order valence-electron chi connectivity index (χ4n) is 1.95. The molecule has 1 N–H and O–H groups in total. The van der Waals surface area contributed by atoms with Crippen molar-refractivity contribution in [3.8, 4) is 10.6 Å². The molecule has 1 fully saturated rings. The molecule has 0 bridgehead atoms. The Bertz CT molecular complexity index is 605. The molecular weight excluding hydrogens is 292 g/mol. The minimum atomic E-state index is 0.193. The molecule has 0 atom stereocenters. The van der Waals surface area contributed by atoms with Crippen LogP contribution in [0.4, 0.5) is 0 Å². The second-order valence-electron chi connectivity index (χ2n) is 4.97. The average Bonchev–Trinajstić information content (AvgIpc) is 3.20. The number of rotatable bonds is 5. The molecule has 1 aromatic heterocycles. The third-order valence-electron chi connectivity index (χ3n) is 3.27. The molecule has 0 unspecified atom stereocenters. The van der Waals surface area contributed by atoms with E-state index in [1.807, 2.05) is 29.6 Å². The van der Waals surface area contributed by atoms with Crippen molar-refractivity contribution in [1.82, 2.24) is 10.3 Å². The normalized spacial score (nSPS) is 14.2. The molecule has 0 saturated heterocycles. The van der Waals surface area contributed by atoms with Crippen molar-refractivity contribution >= 4 is 28.8 Å². The highest BCUT2D eigenvalue weighted by Gasteiger charge is 2.29. The van der Waals surface area contributed by atoms with Gasteiger partial charge in [0.15, 0.2) is 0 Å². The molecule has 1 saturated carbocycles. The molecule has 3 rings (SSSR count). The molecule has 5 heteroatoms. The summed E-state index contributed by atoms with van der Waals surface area (Å²) in [7, 11) is 0. The van der Waals surface area contributed by atoms with Crippen molar-refractivity contribution < 1.29 is 4.79 Å². The number of amides is 1. The zero-order valence-electron chi connectivity index (χ0n) is 10.9. The first kappa shape index (κ1) is 13.6. The van der Waals surface area contributed by atoms with E-state index in [4.69, 9.17) is 11.6 Å². The van der Waals surface area contributed by atoms with Gasteiger partial charge >= 0.3 is 0 Å². The number of nitrogens with one attached hydrogen (secondary N) is 1. The van der Waals surface area contributed by atoms with Crippen LogP contribution in [0.2, 0.25) is 5.02 Å². The van der Waals surface area contributed by atoms with Crippen LogP contribution in [-0.2, 0) is 11.2 Å². The lowest BCUT2D eigenvalue weighted by Gasteiger charge is -2.01. The van der Waals surface area contributed by atoms with Crippen molar-refractivity contribution in [2.24, 2.45) is 5.92 Å². The fraction of sp³-hybridized carbons (Fsp3) is 0.333. The Balaban J connectivity index is 1.56. The average molecular weight is 307 g/mol. The van der Waals surface area contributed by atoms with Crippen LogP contribution < -0.4 is 5.32 Å². The largest absolute Gasteiger partial charge is 0.355 e. The van der Waals surface area contributed by atoms with Gasteiger partial charge in [-0.15, -0.1) is 11.3 Å². The number of thiazole rings is 1. The van der Waals surface area contributed by atoms with Crippen molar-refractivity contribution in [3.05, 3.63) is 40.4 Å². The van der Waals surface area contributed by atoms with Crippen LogP contribution in [0.25, 0.3) is 10.6 Å². The molecule has 0 radical (unpaired) electrons. The fourth-order valence-corrected chi connectivity index (χ4v) is 2.94. The lowest BCUT2D eigenvalue weighted by atomic mass is 10.2. The van der Waals surface area contributed by atoms with Crippen LogP contribution in [0.1, 0.15) is 18.5 Å². The Morgan fingerprint density at radius 3 is 2.80 bits per heavy atom. The SMILES string of the molecule is O=C(NCCc1csc(-c2ccc(Cl)cc2)n1)C1CC1. The van der Waals surface area contributed by atoms with Gasteiger partial charge in [-0.1, -0.05) is 23.7 Å². The van der Waals surface area contributed by atoms with Crippen LogP contribution >= 0.6 is 22.9 Å². The van der Waals surface area contributed by atoms with Crippen molar-refractivity contribution in [2.75, 3.05) is 6.54 Å². The number of benzene rings is 1. The third kappa shape index (κ3) is 3.38. The van der Waals surface area contributed by atoms with E-state index in [9.17, 15) is 4.79 Å². The molecule has 0 spiro atoms. The highest BCUT2D eigenvalue weighted by atomic mass is 35.5. The summed E-state index contributed by atoms with van der Waals surface area (Å²) in [5, 5.41) is 6.73. The lowest BCUT2D eigenvalue weighted by Crippen LogP contribution is -2.26. The molecule has 0 aliphatic heterocycles. The standard InChI is InChI=1S/C15H15ClN2OS/c16-12-5-3-11(4-6-12)15-18-13(9-20-15)7-8-17-14(19)10-1-2-10/h3-6,9-10H,1-2,7-8H2,(H,17,19). The molecule has 2 aromatic rings. The van der Waals surface area contributed by atoms with Crippen LogP contribution in [0, 0.1) is 5.92 Å². The van der Waals surface area contributed by atoms with Crippen LogP contribution in [-0.4, -0.2) is 17.4 Å². The van der Waals surface area contributed by atoms with Gasteiger partial charge in [-0.3, -0.25) is 4.79 Å². The molecule has 1 aromatic carbocycles. The van der Waals surface area contributed by atoms with Gasteiger partial charge in [-0.05, 0) is 25.0 Å². The smallest absolute Gasteiger partial charge is 0.223 e. The minimum Gasteiger partial charge on any atom is -0.355 e. The number of carbonyl (C=O) groups excluding carboxylic acids is 1. The van der Waals surface area contributed by atoms with E-state index in [1.165, 1.54) is 0 Å². The Labute approximate surface area is 127 Å². The summed E-state index contributed by atoms with van der Waals surface area (Å²) < 4.78 is 0. The monoisotopic (exact) mass is 306 g/mol. The second kappa shape index (κ2) is 5.94. The van der Waals surface area contributed by atoms with E-state index in [2.05, 4.69) is 10.3 Å². The van der Waals surface area contributed by atoms with E-state index >= 15 is 0 Å². The Morgan fingerprint density at radius 1 is 1.35 bits per heavy atom. The van der Waals surface area contributed by atoms with E-state index in [1.54, 1.807) is 11.3 Å². The van der Waals surface area contributed by atoms with Crippen LogP contribution in [0.15, 0.2) is 29.6 Å². The quantitative estimate of drug-likeness (QED) is 0.918. The molecular formula is C15H15ClN2OS. The first-order chi connectivity index (χ1) is 9.72. The number of nitrogens with zero attached hydrogens (tertiary/aromatic N) is 1. The number of halogens is 1. The summed E-state index contributed by atoms with van der Waals surface area (Å²) in [6.45, 7) is 0.666. The summed E-state index contributed by atoms with van der Waals surface area (Å²) in [6.07, 6.45) is 2.87. The van der Waals surface area contributed by atoms with E-state index in [-0.39, 0.29) is 11.8 Å². The number of hydrogen-bond donors (Lipinski definition) is 1. The van der Waals surface area contributed by atoms with Gasteiger partial charge in [0.25, 0.3) is 0 Å². The molecule has 1 amide bonds. The number of hydrogen-bond acceptors (Lipinski definition) is 3. The Hall–Kier alpha value is -1.39. The molecule has 3 nitrogen and oxygen atoms in total. The number of aromatic nitrogens is 1. The first-order valence-corrected chi connectivity index (χ1v) is 7.96. The summed E-state index contributed by atoms with van der Waals surface area (Å²) in [5.74, 6) is 0.466. The Morgan fingerprint density at radius 2 is 2.10 bits per heavy atom. The van der Waals surface area contributed by atoms with Crippen LogP contribution in [0.5, 0.6) is 0 Å². The van der Waals surface area contributed by atoms with Gasteiger partial charge in [0.2, 0.25) is 5.91 Å². The van der Waals surface area contributed by atoms with Crippen LogP contribution in [0.3, 0.4) is 0 Å². The summed E-state index contributed by atoms with van der Waals surface area (Å²) in [5.41, 5.74) is 2.10. The summed E-state index contributed by atoms with van der Waals surface area (Å²) >= 11 is 7.49. The topological polar surface area (TPSA) is 42.0 Å². The summed E-state index contributed by atoms with van der Waals surface area (Å²) in [6, 6.07) is 7.68. The van der Waals surface area contributed by atoms with E-state index in [0.717, 1.165) is 40.6 Å². The maximum atomic E-state index is 11.5.